The van der Waals surface area contributed by atoms with Crippen molar-refractivity contribution in [2.45, 2.75) is 23.4 Å². The van der Waals surface area contributed by atoms with Crippen molar-refractivity contribution in [3.05, 3.63) is 41.5 Å². The Labute approximate surface area is 181 Å². The van der Waals surface area contributed by atoms with Crippen molar-refractivity contribution in [3.63, 3.8) is 0 Å². The molecule has 1 saturated heterocycles. The van der Waals surface area contributed by atoms with E-state index in [-0.39, 0.29) is 41.3 Å². The number of nitrogens with zero attached hydrogens (tertiary/aromatic N) is 3. The number of hydrogen-bond acceptors (Lipinski definition) is 7. The number of carboxylic acid groups (broad SMARTS) is 1. The molecule has 14 heteroatoms. The van der Waals surface area contributed by atoms with Crippen LogP contribution in [-0.2, 0) is 16.0 Å². The molecule has 1 aliphatic heterocycles. The van der Waals surface area contributed by atoms with Crippen molar-refractivity contribution in [1.82, 2.24) is 19.6 Å². The smallest absolute Gasteiger partial charge is 0.404 e. The van der Waals surface area contributed by atoms with Gasteiger partial charge in [0.25, 0.3) is 0 Å². The molecule has 10 nitrogen and oxygen atoms in total. The SMILES string of the molecule is COc1cc(NS(=O)(=O)N2CC[C@@H](NC(=O)O)C2)nc(SCc2cccc(F)c2F)n1. The van der Waals surface area contributed by atoms with Crippen molar-refractivity contribution < 1.29 is 31.8 Å². The van der Waals surface area contributed by atoms with E-state index in [2.05, 4.69) is 20.0 Å². The Balaban J connectivity index is 1.73. The first-order valence-corrected chi connectivity index (χ1v) is 11.4. The van der Waals surface area contributed by atoms with Crippen molar-refractivity contribution in [2.24, 2.45) is 0 Å². The summed E-state index contributed by atoms with van der Waals surface area (Å²) in [6, 6.07) is 4.56. The Hall–Kier alpha value is -2.71. The van der Waals surface area contributed by atoms with E-state index in [0.29, 0.717) is 6.42 Å². The number of methoxy groups -OCH3 is 1. The van der Waals surface area contributed by atoms with E-state index in [4.69, 9.17) is 9.84 Å². The van der Waals surface area contributed by atoms with Gasteiger partial charge in [-0.25, -0.2) is 18.6 Å². The molecule has 1 amide bonds. The zero-order chi connectivity index (χ0) is 22.6. The number of aromatic nitrogens is 2. The van der Waals surface area contributed by atoms with Gasteiger partial charge >= 0.3 is 16.3 Å². The number of ether oxygens (including phenoxy) is 1. The molecule has 1 atom stereocenters. The van der Waals surface area contributed by atoms with Crippen molar-refractivity contribution in [2.75, 3.05) is 24.9 Å². The Morgan fingerprint density at radius 1 is 1.39 bits per heavy atom. The zero-order valence-corrected chi connectivity index (χ0v) is 17.8. The van der Waals surface area contributed by atoms with Crippen molar-refractivity contribution in [1.29, 1.82) is 0 Å². The quantitative estimate of drug-likeness (QED) is 0.390. The second-order valence-corrected chi connectivity index (χ2v) is 9.09. The highest BCUT2D eigenvalue weighted by atomic mass is 32.2. The van der Waals surface area contributed by atoms with Gasteiger partial charge in [0.05, 0.1) is 7.11 Å². The monoisotopic (exact) mass is 475 g/mol. The van der Waals surface area contributed by atoms with E-state index in [9.17, 15) is 22.0 Å². The topological polar surface area (TPSA) is 134 Å². The minimum atomic E-state index is -4.02. The van der Waals surface area contributed by atoms with E-state index < -0.39 is 34.0 Å². The molecule has 0 radical (unpaired) electrons. The number of thioether (sulfide) groups is 1. The first kappa shape index (κ1) is 23.0. The van der Waals surface area contributed by atoms with Gasteiger partial charge in [0.15, 0.2) is 16.8 Å². The summed E-state index contributed by atoms with van der Waals surface area (Å²) in [5, 5.41) is 11.1. The molecule has 1 aromatic heterocycles. The number of benzene rings is 1. The fourth-order valence-electron chi connectivity index (χ4n) is 2.86. The van der Waals surface area contributed by atoms with Crippen LogP contribution in [0.4, 0.5) is 19.4 Å². The van der Waals surface area contributed by atoms with Gasteiger partial charge in [0.1, 0.15) is 5.82 Å². The lowest BCUT2D eigenvalue weighted by molar-refractivity contribution is 0.190. The van der Waals surface area contributed by atoms with Gasteiger partial charge in [0.2, 0.25) is 5.88 Å². The molecule has 31 heavy (non-hydrogen) atoms. The van der Waals surface area contributed by atoms with Crippen LogP contribution >= 0.6 is 11.8 Å². The molecule has 0 saturated carbocycles. The Morgan fingerprint density at radius 3 is 2.87 bits per heavy atom. The van der Waals surface area contributed by atoms with Crippen LogP contribution in [0.3, 0.4) is 0 Å². The zero-order valence-electron chi connectivity index (χ0n) is 16.2. The van der Waals surface area contributed by atoms with Gasteiger partial charge in [0, 0.05) is 36.5 Å². The molecule has 2 aromatic rings. The molecule has 2 heterocycles. The van der Waals surface area contributed by atoms with Gasteiger partial charge in [-0.3, -0.25) is 4.72 Å². The van der Waals surface area contributed by atoms with E-state index in [0.717, 1.165) is 22.1 Å². The van der Waals surface area contributed by atoms with Crippen LogP contribution in [0, 0.1) is 11.6 Å². The van der Waals surface area contributed by atoms with E-state index in [1.807, 2.05) is 0 Å². The predicted molar refractivity (Wildman–Crippen MR) is 108 cm³/mol. The lowest BCUT2D eigenvalue weighted by atomic mass is 10.2. The van der Waals surface area contributed by atoms with Crippen LogP contribution in [-0.4, -0.2) is 60.1 Å². The predicted octanol–water partition coefficient (Wildman–Crippen LogP) is 2.05. The molecule has 0 spiro atoms. The van der Waals surface area contributed by atoms with Crippen molar-refractivity contribution >= 4 is 33.9 Å². The summed E-state index contributed by atoms with van der Waals surface area (Å²) < 4.78 is 61.0. The number of carbonyl (C=O) groups is 1. The second kappa shape index (κ2) is 9.62. The van der Waals surface area contributed by atoms with Crippen LogP contribution in [0.5, 0.6) is 5.88 Å². The maximum atomic E-state index is 13.8. The molecule has 3 N–H and O–H groups in total. The molecule has 0 aliphatic carbocycles. The van der Waals surface area contributed by atoms with Crippen LogP contribution in [0.2, 0.25) is 0 Å². The van der Waals surface area contributed by atoms with Gasteiger partial charge in [-0.05, 0) is 12.5 Å². The summed E-state index contributed by atoms with van der Waals surface area (Å²) in [4.78, 5) is 18.9. The number of rotatable bonds is 8. The molecular weight excluding hydrogens is 456 g/mol. The number of hydrogen-bond donors (Lipinski definition) is 3. The fraction of sp³-hybridized carbons (Fsp3) is 0.353. The van der Waals surface area contributed by atoms with Crippen molar-refractivity contribution in [3.8, 4) is 5.88 Å². The summed E-state index contributed by atoms with van der Waals surface area (Å²) in [7, 11) is -2.68. The van der Waals surface area contributed by atoms with E-state index in [1.54, 1.807) is 0 Å². The van der Waals surface area contributed by atoms with E-state index in [1.165, 1.54) is 25.3 Å². The highest BCUT2D eigenvalue weighted by molar-refractivity contribution is 7.98. The fourth-order valence-corrected chi connectivity index (χ4v) is 4.91. The molecule has 3 rings (SSSR count). The number of nitrogens with one attached hydrogen (secondary N) is 2. The van der Waals surface area contributed by atoms with Crippen LogP contribution < -0.4 is 14.8 Å². The molecule has 168 valence electrons. The summed E-state index contributed by atoms with van der Waals surface area (Å²) in [6.07, 6.45) is -0.894. The third-order valence-electron chi connectivity index (χ3n) is 4.33. The first-order chi connectivity index (χ1) is 14.7. The lowest BCUT2D eigenvalue weighted by Gasteiger charge is -2.18. The number of anilines is 1. The molecule has 1 aliphatic rings. The molecule has 1 aromatic carbocycles. The standard InChI is InChI=1S/C17H19F2N5O5S2/c1-29-14-7-13(23-31(27,28)24-6-5-11(8-24)20-17(25)26)21-16(22-14)30-9-10-3-2-4-12(18)15(10)19/h2-4,7,11,20H,5-6,8-9H2,1H3,(H,25,26)(H,21,22,23)/t11-/m1/s1. The summed E-state index contributed by atoms with van der Waals surface area (Å²) >= 11 is 0.973. The van der Waals surface area contributed by atoms with Crippen LogP contribution in [0.1, 0.15) is 12.0 Å². The van der Waals surface area contributed by atoms with Gasteiger partial charge in [-0.2, -0.15) is 17.7 Å². The van der Waals surface area contributed by atoms with Crippen LogP contribution in [0.15, 0.2) is 29.4 Å². The summed E-state index contributed by atoms with van der Waals surface area (Å²) in [5.41, 5.74) is 0.104. The second-order valence-electron chi connectivity index (χ2n) is 6.48. The minimum Gasteiger partial charge on any atom is -0.481 e. The van der Waals surface area contributed by atoms with E-state index >= 15 is 0 Å². The summed E-state index contributed by atoms with van der Waals surface area (Å²) in [6.45, 7) is 0.104. The third-order valence-corrected chi connectivity index (χ3v) is 6.71. The maximum Gasteiger partial charge on any atom is 0.404 e. The first-order valence-electron chi connectivity index (χ1n) is 8.94. The highest BCUT2D eigenvalue weighted by Gasteiger charge is 2.32. The average Bonchev–Trinajstić information content (AvgIpc) is 3.17. The Morgan fingerprint density at radius 2 is 2.16 bits per heavy atom. The molecule has 0 unspecified atom stereocenters. The minimum absolute atomic E-state index is 0.0115. The van der Waals surface area contributed by atoms with Gasteiger partial charge in [-0.15, -0.1) is 0 Å². The molecule has 0 bridgehead atoms. The summed E-state index contributed by atoms with van der Waals surface area (Å²) in [5.74, 6) is -1.94. The largest absolute Gasteiger partial charge is 0.481 e. The Bertz CT molecular complexity index is 1070. The van der Waals surface area contributed by atoms with Gasteiger partial charge in [-0.1, -0.05) is 23.9 Å². The van der Waals surface area contributed by atoms with Gasteiger partial charge < -0.3 is 15.2 Å². The molecular formula is C17H19F2N5O5S2. The molecule has 1 fully saturated rings. The average molecular weight is 475 g/mol. The Kier molecular flexibility index (Phi) is 7.12. The lowest BCUT2D eigenvalue weighted by Crippen LogP contribution is -2.39. The normalized spacial score (nSPS) is 16.8. The highest BCUT2D eigenvalue weighted by Crippen LogP contribution is 2.26. The maximum absolute atomic E-state index is 13.8. The number of halogens is 2. The number of amides is 1. The third kappa shape index (κ3) is 5.92. The van der Waals surface area contributed by atoms with Crippen LogP contribution in [0.25, 0.3) is 0 Å².